The lowest BCUT2D eigenvalue weighted by Gasteiger charge is -2.26. The van der Waals surface area contributed by atoms with Crippen molar-refractivity contribution in [1.29, 1.82) is 0 Å². The second-order valence-electron chi connectivity index (χ2n) is 11.8. The highest BCUT2D eigenvalue weighted by atomic mass is 79.9. The number of anilines is 1. The Kier molecular flexibility index (Phi) is 10.6. The van der Waals surface area contributed by atoms with E-state index in [1.54, 1.807) is 12.1 Å². The molecule has 4 aromatic carbocycles. The van der Waals surface area contributed by atoms with Crippen LogP contribution in [0.15, 0.2) is 102 Å². The van der Waals surface area contributed by atoms with Crippen LogP contribution in [0.2, 0.25) is 0 Å². The number of rotatable bonds is 12. The van der Waals surface area contributed by atoms with Gasteiger partial charge in [-0.15, -0.1) is 0 Å². The molecular weight excluding hydrogens is 588 g/mol. The lowest BCUT2D eigenvalue weighted by Crippen LogP contribution is -2.28. The van der Waals surface area contributed by atoms with Crippen molar-refractivity contribution in [3.8, 4) is 22.6 Å². The monoisotopic (exact) mass is 626 g/mol. The molecule has 6 heteroatoms. The van der Waals surface area contributed by atoms with Crippen molar-refractivity contribution in [2.45, 2.75) is 47.0 Å². The summed E-state index contributed by atoms with van der Waals surface area (Å²) in [6, 6.07) is 31.4. The number of carbonyl (C=O) groups is 2. The topological polar surface area (TPSA) is 67.4 Å². The summed E-state index contributed by atoms with van der Waals surface area (Å²) in [4.78, 5) is 26.0. The molecule has 5 nitrogen and oxygen atoms in total. The van der Waals surface area contributed by atoms with Gasteiger partial charge in [0.25, 0.3) is 5.91 Å². The molecule has 0 fully saturated rings. The van der Waals surface area contributed by atoms with E-state index in [4.69, 9.17) is 4.74 Å². The number of hydrogen-bond acceptors (Lipinski definition) is 3. The number of para-hydroxylation sites is 2. The Balaban J connectivity index is 1.36. The Hall–Kier alpha value is -3.90. The van der Waals surface area contributed by atoms with Gasteiger partial charge in [-0.25, -0.2) is 0 Å². The summed E-state index contributed by atoms with van der Waals surface area (Å²) in [5.41, 5.74) is 4.00. The van der Waals surface area contributed by atoms with Crippen LogP contribution in [0.5, 0.6) is 11.5 Å². The highest BCUT2D eigenvalue weighted by molar-refractivity contribution is 9.10. The molecule has 2 N–H and O–H groups in total. The normalized spacial score (nSPS) is 11.3. The van der Waals surface area contributed by atoms with Gasteiger partial charge in [-0.1, -0.05) is 104 Å². The van der Waals surface area contributed by atoms with Gasteiger partial charge in [0, 0.05) is 23.0 Å². The number of amides is 2. The molecule has 0 spiro atoms. The molecule has 0 aliphatic heterocycles. The standard InChI is InChI=1S/C36H39BrN2O3/c1-25(2)23-36(3,4)24-34(40)39-32-19-18-28(37)22-31(32)35(41)38-21-20-26-14-16-27(17-15-26)30-12-8-9-13-33(30)42-29-10-6-5-7-11-29/h5-19,22,25H,20-21,23-24H2,1-4H3,(H,38,41)(H,39,40). The number of nitrogens with one attached hydrogen (secondary N) is 2. The Labute approximate surface area is 257 Å². The Morgan fingerprint density at radius 1 is 0.881 bits per heavy atom. The van der Waals surface area contributed by atoms with E-state index >= 15 is 0 Å². The van der Waals surface area contributed by atoms with Gasteiger partial charge < -0.3 is 15.4 Å². The van der Waals surface area contributed by atoms with Crippen LogP contribution < -0.4 is 15.4 Å². The molecule has 0 radical (unpaired) electrons. The number of ether oxygens (including phenoxy) is 1. The molecule has 218 valence electrons. The fourth-order valence-electron chi connectivity index (χ4n) is 5.30. The minimum atomic E-state index is -0.225. The van der Waals surface area contributed by atoms with E-state index in [9.17, 15) is 9.59 Å². The molecule has 0 bridgehead atoms. The van der Waals surface area contributed by atoms with Crippen LogP contribution in [0, 0.1) is 11.3 Å². The fourth-order valence-corrected chi connectivity index (χ4v) is 5.66. The van der Waals surface area contributed by atoms with Crippen molar-refractivity contribution < 1.29 is 14.3 Å². The lowest BCUT2D eigenvalue weighted by molar-refractivity contribution is -0.118. The third kappa shape index (κ3) is 9.05. The van der Waals surface area contributed by atoms with E-state index in [-0.39, 0.29) is 17.2 Å². The Morgan fingerprint density at radius 2 is 1.57 bits per heavy atom. The van der Waals surface area contributed by atoms with Gasteiger partial charge in [-0.05, 0) is 71.7 Å². The molecule has 0 heterocycles. The molecule has 0 aliphatic carbocycles. The van der Waals surface area contributed by atoms with Crippen LogP contribution in [0.25, 0.3) is 11.1 Å². The van der Waals surface area contributed by atoms with E-state index in [1.807, 2.05) is 60.7 Å². The van der Waals surface area contributed by atoms with E-state index in [1.165, 1.54) is 0 Å². The van der Waals surface area contributed by atoms with Gasteiger partial charge in [0.1, 0.15) is 11.5 Å². The third-order valence-corrected chi connectivity index (χ3v) is 7.42. The second-order valence-corrected chi connectivity index (χ2v) is 12.7. The number of hydrogen-bond donors (Lipinski definition) is 2. The minimum absolute atomic E-state index is 0.0899. The van der Waals surface area contributed by atoms with Gasteiger partial charge in [0.05, 0.1) is 11.3 Å². The number of carbonyl (C=O) groups excluding carboxylic acids is 2. The van der Waals surface area contributed by atoms with Gasteiger partial charge in [0.2, 0.25) is 5.91 Å². The maximum Gasteiger partial charge on any atom is 0.253 e. The first-order chi connectivity index (χ1) is 20.1. The molecule has 0 aromatic heterocycles. The predicted molar refractivity (Wildman–Crippen MR) is 175 cm³/mol. The van der Waals surface area contributed by atoms with Crippen molar-refractivity contribution in [3.05, 3.63) is 113 Å². The molecule has 0 saturated carbocycles. The zero-order valence-electron chi connectivity index (χ0n) is 24.7. The number of benzene rings is 4. The molecular formula is C36H39BrN2O3. The predicted octanol–water partition coefficient (Wildman–Crippen LogP) is 9.28. The Morgan fingerprint density at radius 3 is 2.29 bits per heavy atom. The third-order valence-electron chi connectivity index (χ3n) is 6.92. The first-order valence-corrected chi connectivity index (χ1v) is 15.2. The van der Waals surface area contributed by atoms with Crippen molar-refractivity contribution in [2.75, 3.05) is 11.9 Å². The number of halogens is 1. The van der Waals surface area contributed by atoms with Crippen LogP contribution >= 0.6 is 15.9 Å². The summed E-state index contributed by atoms with van der Waals surface area (Å²) in [5.74, 6) is 1.77. The smallest absolute Gasteiger partial charge is 0.253 e. The summed E-state index contributed by atoms with van der Waals surface area (Å²) < 4.78 is 6.91. The minimum Gasteiger partial charge on any atom is -0.457 e. The van der Waals surface area contributed by atoms with Crippen LogP contribution in [-0.2, 0) is 11.2 Å². The maximum absolute atomic E-state index is 13.1. The summed E-state index contributed by atoms with van der Waals surface area (Å²) in [7, 11) is 0. The molecule has 0 unspecified atom stereocenters. The summed E-state index contributed by atoms with van der Waals surface area (Å²) in [5, 5.41) is 5.98. The average Bonchev–Trinajstić information content (AvgIpc) is 2.94. The van der Waals surface area contributed by atoms with Crippen molar-refractivity contribution in [3.63, 3.8) is 0 Å². The van der Waals surface area contributed by atoms with Gasteiger partial charge in [-0.3, -0.25) is 9.59 Å². The van der Waals surface area contributed by atoms with E-state index in [0.717, 1.165) is 39.1 Å². The van der Waals surface area contributed by atoms with Crippen molar-refractivity contribution in [2.24, 2.45) is 11.3 Å². The largest absolute Gasteiger partial charge is 0.457 e. The fraction of sp³-hybridized carbons (Fsp3) is 0.278. The lowest BCUT2D eigenvalue weighted by atomic mass is 9.81. The van der Waals surface area contributed by atoms with Crippen molar-refractivity contribution >= 4 is 33.4 Å². The Bertz CT molecular complexity index is 1500. The highest BCUT2D eigenvalue weighted by Crippen LogP contribution is 2.33. The molecule has 42 heavy (non-hydrogen) atoms. The first kappa shape index (κ1) is 31.0. The van der Waals surface area contributed by atoms with Crippen LogP contribution in [0.1, 0.15) is 56.5 Å². The summed E-state index contributed by atoms with van der Waals surface area (Å²) in [6.07, 6.45) is 2.01. The van der Waals surface area contributed by atoms with E-state index in [0.29, 0.717) is 36.6 Å². The second kappa shape index (κ2) is 14.3. The molecule has 2 amide bonds. The quantitative estimate of drug-likeness (QED) is 0.165. The summed E-state index contributed by atoms with van der Waals surface area (Å²) >= 11 is 3.46. The van der Waals surface area contributed by atoms with Gasteiger partial charge >= 0.3 is 0 Å². The van der Waals surface area contributed by atoms with Crippen LogP contribution in [0.3, 0.4) is 0 Å². The molecule has 4 rings (SSSR count). The molecule has 0 atom stereocenters. The van der Waals surface area contributed by atoms with Gasteiger partial charge in [-0.2, -0.15) is 0 Å². The average molecular weight is 628 g/mol. The zero-order chi connectivity index (χ0) is 30.1. The van der Waals surface area contributed by atoms with E-state index < -0.39 is 0 Å². The molecule has 0 aliphatic rings. The zero-order valence-corrected chi connectivity index (χ0v) is 26.3. The maximum atomic E-state index is 13.1. The van der Waals surface area contributed by atoms with E-state index in [2.05, 4.69) is 78.5 Å². The summed E-state index contributed by atoms with van der Waals surface area (Å²) in [6.45, 7) is 8.99. The first-order valence-electron chi connectivity index (χ1n) is 14.4. The van der Waals surface area contributed by atoms with Crippen molar-refractivity contribution in [1.82, 2.24) is 5.32 Å². The molecule has 0 saturated heterocycles. The molecule has 4 aromatic rings. The van der Waals surface area contributed by atoms with Crippen LogP contribution in [0.4, 0.5) is 5.69 Å². The van der Waals surface area contributed by atoms with Gasteiger partial charge in [0.15, 0.2) is 0 Å². The highest BCUT2D eigenvalue weighted by Gasteiger charge is 2.24. The van der Waals surface area contributed by atoms with Crippen LogP contribution in [-0.4, -0.2) is 18.4 Å². The SMILES string of the molecule is CC(C)CC(C)(C)CC(=O)Nc1ccc(Br)cc1C(=O)NCCc1ccc(-c2ccccc2Oc2ccccc2)cc1.